The van der Waals surface area contributed by atoms with Gasteiger partial charge < -0.3 is 9.47 Å². The Kier molecular flexibility index (Phi) is 4.11. The van der Waals surface area contributed by atoms with Gasteiger partial charge >= 0.3 is 11.9 Å². The molecule has 4 heteroatoms. The van der Waals surface area contributed by atoms with E-state index in [0.29, 0.717) is 0 Å². The Balaban J connectivity index is 3.20. The molecule has 0 aliphatic rings. The number of hydrogen-bond acceptors (Lipinski definition) is 4. The van der Waals surface area contributed by atoms with Crippen LogP contribution in [0.25, 0.3) is 0 Å². The molecule has 0 N–H and O–H groups in total. The summed E-state index contributed by atoms with van der Waals surface area (Å²) in [5.74, 6) is -0.378. The fraction of sp³-hybridized carbons (Fsp3) is 0.429. The van der Waals surface area contributed by atoms with Crippen LogP contribution in [0.5, 0.6) is 11.5 Å². The highest BCUT2D eigenvalue weighted by Crippen LogP contribution is 2.33. The Bertz CT molecular complexity index is 469. The SMILES string of the molecule is CC(=O)Oc1ccc(C(C)(C)C)cc1OC(C)=O. The van der Waals surface area contributed by atoms with Crippen molar-refractivity contribution in [2.24, 2.45) is 0 Å². The normalized spacial score (nSPS) is 10.9. The van der Waals surface area contributed by atoms with Crippen molar-refractivity contribution in [2.75, 3.05) is 0 Å². The van der Waals surface area contributed by atoms with Crippen LogP contribution in [-0.2, 0) is 15.0 Å². The lowest BCUT2D eigenvalue weighted by Crippen LogP contribution is -2.13. The number of hydrogen-bond donors (Lipinski definition) is 0. The van der Waals surface area contributed by atoms with Crippen molar-refractivity contribution < 1.29 is 19.1 Å². The van der Waals surface area contributed by atoms with E-state index < -0.39 is 11.9 Å². The quantitative estimate of drug-likeness (QED) is 0.598. The van der Waals surface area contributed by atoms with Gasteiger partial charge in [-0.2, -0.15) is 0 Å². The minimum atomic E-state index is -0.452. The summed E-state index contributed by atoms with van der Waals surface area (Å²) in [6.45, 7) is 8.75. The van der Waals surface area contributed by atoms with Crippen LogP contribution in [0.3, 0.4) is 0 Å². The number of carbonyl (C=O) groups excluding carboxylic acids is 2. The molecular weight excluding hydrogens is 232 g/mol. The van der Waals surface area contributed by atoms with Gasteiger partial charge in [0, 0.05) is 13.8 Å². The molecule has 0 saturated heterocycles. The Morgan fingerprint density at radius 3 is 1.89 bits per heavy atom. The van der Waals surface area contributed by atoms with Gasteiger partial charge in [0.2, 0.25) is 0 Å². The largest absolute Gasteiger partial charge is 0.423 e. The van der Waals surface area contributed by atoms with Crippen LogP contribution in [0.2, 0.25) is 0 Å². The van der Waals surface area contributed by atoms with Gasteiger partial charge in [0.25, 0.3) is 0 Å². The summed E-state index contributed by atoms with van der Waals surface area (Å²) >= 11 is 0. The standard InChI is InChI=1S/C14H18O4/c1-9(15)17-12-7-6-11(14(3,4)5)8-13(12)18-10(2)16/h6-8H,1-5H3. The summed E-state index contributed by atoms with van der Waals surface area (Å²) in [5.41, 5.74) is 0.915. The Labute approximate surface area is 107 Å². The molecule has 1 aromatic carbocycles. The second-order valence-corrected chi connectivity index (χ2v) is 5.10. The Morgan fingerprint density at radius 1 is 0.944 bits per heavy atom. The maximum absolute atomic E-state index is 11.0. The third-order valence-corrected chi connectivity index (χ3v) is 2.32. The molecule has 0 fully saturated rings. The number of rotatable bonds is 2. The van der Waals surface area contributed by atoms with E-state index in [4.69, 9.17) is 9.47 Å². The third-order valence-electron chi connectivity index (χ3n) is 2.32. The van der Waals surface area contributed by atoms with E-state index in [2.05, 4.69) is 0 Å². The fourth-order valence-electron chi connectivity index (χ4n) is 1.45. The molecule has 0 amide bonds. The zero-order valence-corrected chi connectivity index (χ0v) is 11.4. The summed E-state index contributed by atoms with van der Waals surface area (Å²) in [6, 6.07) is 5.21. The van der Waals surface area contributed by atoms with Crippen LogP contribution in [0, 0.1) is 0 Å². The van der Waals surface area contributed by atoms with Crippen LogP contribution in [0.1, 0.15) is 40.2 Å². The van der Waals surface area contributed by atoms with Gasteiger partial charge in [-0.3, -0.25) is 9.59 Å². The molecular formula is C14H18O4. The lowest BCUT2D eigenvalue weighted by Gasteiger charge is -2.20. The van der Waals surface area contributed by atoms with E-state index in [1.54, 1.807) is 12.1 Å². The molecule has 1 aromatic rings. The molecule has 0 aliphatic heterocycles. The minimum Gasteiger partial charge on any atom is -0.423 e. The molecule has 0 saturated carbocycles. The van der Waals surface area contributed by atoms with Crippen molar-refractivity contribution in [2.45, 2.75) is 40.0 Å². The van der Waals surface area contributed by atoms with Crippen LogP contribution in [0.15, 0.2) is 18.2 Å². The molecule has 0 heterocycles. The van der Waals surface area contributed by atoms with Crippen molar-refractivity contribution in [3.63, 3.8) is 0 Å². The van der Waals surface area contributed by atoms with E-state index in [-0.39, 0.29) is 16.9 Å². The highest BCUT2D eigenvalue weighted by Gasteiger charge is 2.18. The van der Waals surface area contributed by atoms with Crippen molar-refractivity contribution in [1.29, 1.82) is 0 Å². The maximum atomic E-state index is 11.0. The van der Waals surface area contributed by atoms with Gasteiger partial charge in [0.05, 0.1) is 0 Å². The average molecular weight is 250 g/mol. The smallest absolute Gasteiger partial charge is 0.308 e. The van der Waals surface area contributed by atoms with E-state index in [0.717, 1.165) is 5.56 Å². The molecule has 0 atom stereocenters. The Morgan fingerprint density at radius 2 is 1.44 bits per heavy atom. The van der Waals surface area contributed by atoms with Gasteiger partial charge in [-0.25, -0.2) is 0 Å². The van der Waals surface area contributed by atoms with Crippen molar-refractivity contribution in [1.82, 2.24) is 0 Å². The first-order chi connectivity index (χ1) is 8.20. The molecule has 4 nitrogen and oxygen atoms in total. The van der Waals surface area contributed by atoms with Gasteiger partial charge in [0.15, 0.2) is 11.5 Å². The van der Waals surface area contributed by atoms with E-state index >= 15 is 0 Å². The zero-order chi connectivity index (χ0) is 13.9. The average Bonchev–Trinajstić information content (AvgIpc) is 2.17. The number of carbonyl (C=O) groups is 2. The molecule has 98 valence electrons. The summed E-state index contributed by atoms with van der Waals surface area (Å²) in [6.07, 6.45) is 0. The lowest BCUT2D eigenvalue weighted by atomic mass is 9.87. The Hall–Kier alpha value is -1.84. The second-order valence-electron chi connectivity index (χ2n) is 5.10. The first-order valence-electron chi connectivity index (χ1n) is 5.71. The highest BCUT2D eigenvalue weighted by molar-refractivity contribution is 5.73. The van der Waals surface area contributed by atoms with Crippen molar-refractivity contribution in [3.05, 3.63) is 23.8 Å². The zero-order valence-electron chi connectivity index (χ0n) is 11.4. The predicted octanol–water partition coefficient (Wildman–Crippen LogP) is 2.83. The third kappa shape index (κ3) is 3.87. The van der Waals surface area contributed by atoms with Crippen molar-refractivity contribution in [3.8, 4) is 11.5 Å². The molecule has 0 radical (unpaired) electrons. The predicted molar refractivity (Wildman–Crippen MR) is 67.8 cm³/mol. The van der Waals surface area contributed by atoms with Crippen molar-refractivity contribution >= 4 is 11.9 Å². The van der Waals surface area contributed by atoms with Crippen LogP contribution in [-0.4, -0.2) is 11.9 Å². The van der Waals surface area contributed by atoms with E-state index in [9.17, 15) is 9.59 Å². The van der Waals surface area contributed by atoms with Gasteiger partial charge in [-0.1, -0.05) is 26.8 Å². The first kappa shape index (κ1) is 14.2. The summed E-state index contributed by atoms with van der Waals surface area (Å²) in [5, 5.41) is 0. The van der Waals surface area contributed by atoms with Gasteiger partial charge in [-0.15, -0.1) is 0 Å². The molecule has 0 aromatic heterocycles. The summed E-state index contributed by atoms with van der Waals surface area (Å²) in [4.78, 5) is 22.0. The first-order valence-corrected chi connectivity index (χ1v) is 5.71. The monoisotopic (exact) mass is 250 g/mol. The lowest BCUT2D eigenvalue weighted by molar-refractivity contribution is -0.134. The molecule has 0 unspecified atom stereocenters. The molecule has 18 heavy (non-hydrogen) atoms. The minimum absolute atomic E-state index is 0.0797. The number of ether oxygens (including phenoxy) is 2. The molecule has 0 bridgehead atoms. The summed E-state index contributed by atoms with van der Waals surface area (Å²) in [7, 11) is 0. The van der Waals surface area contributed by atoms with E-state index in [1.165, 1.54) is 13.8 Å². The number of esters is 2. The van der Waals surface area contributed by atoms with Gasteiger partial charge in [0.1, 0.15) is 0 Å². The number of benzene rings is 1. The van der Waals surface area contributed by atoms with Crippen LogP contribution >= 0.6 is 0 Å². The maximum Gasteiger partial charge on any atom is 0.308 e. The molecule has 0 aliphatic carbocycles. The van der Waals surface area contributed by atoms with Crippen LogP contribution in [0.4, 0.5) is 0 Å². The highest BCUT2D eigenvalue weighted by atomic mass is 16.6. The second kappa shape index (κ2) is 5.21. The molecule has 0 spiro atoms. The summed E-state index contributed by atoms with van der Waals surface area (Å²) < 4.78 is 10.1. The topological polar surface area (TPSA) is 52.6 Å². The fourth-order valence-corrected chi connectivity index (χ4v) is 1.45. The molecule has 1 rings (SSSR count). The van der Waals surface area contributed by atoms with Gasteiger partial charge in [-0.05, 0) is 23.1 Å². The van der Waals surface area contributed by atoms with Crippen LogP contribution < -0.4 is 9.47 Å². The van der Waals surface area contributed by atoms with E-state index in [1.807, 2.05) is 26.8 Å².